The van der Waals surface area contributed by atoms with Gasteiger partial charge in [0, 0.05) is 12.6 Å². The number of carbonyl (C=O) groups excluding carboxylic acids is 1. The highest BCUT2D eigenvalue weighted by molar-refractivity contribution is 7.92. The van der Waals surface area contributed by atoms with Crippen LogP contribution in [0.25, 0.3) is 0 Å². The van der Waals surface area contributed by atoms with Crippen molar-refractivity contribution in [1.82, 2.24) is 9.71 Å². The predicted molar refractivity (Wildman–Crippen MR) is 133 cm³/mol. The first-order valence-electron chi connectivity index (χ1n) is 11.0. The van der Waals surface area contributed by atoms with Crippen LogP contribution in [0.3, 0.4) is 0 Å². The Labute approximate surface area is 213 Å². The summed E-state index contributed by atoms with van der Waals surface area (Å²) in [6.07, 6.45) is 0. The zero-order valence-electron chi connectivity index (χ0n) is 20.3. The second-order valence-corrected chi connectivity index (χ2v) is 9.45. The SMILES string of the molecule is COc1ccc(COc2cc(CNc3nc(OC)ccc3OC)cc(F)c2N2CC(=O)NS2(=O)=O)cc1. The van der Waals surface area contributed by atoms with Crippen molar-refractivity contribution in [2.75, 3.05) is 37.5 Å². The monoisotopic (exact) mass is 532 g/mol. The van der Waals surface area contributed by atoms with Crippen LogP contribution in [0.15, 0.2) is 48.5 Å². The van der Waals surface area contributed by atoms with Crippen molar-refractivity contribution >= 4 is 27.6 Å². The van der Waals surface area contributed by atoms with E-state index < -0.39 is 28.5 Å². The Hall–Kier alpha value is -4.26. The highest BCUT2D eigenvalue weighted by atomic mass is 32.2. The number of benzene rings is 2. The quantitative estimate of drug-likeness (QED) is 0.405. The molecule has 0 unspecified atom stereocenters. The van der Waals surface area contributed by atoms with Gasteiger partial charge in [-0.2, -0.15) is 13.4 Å². The number of anilines is 2. The molecule has 2 aromatic carbocycles. The first-order valence-corrected chi connectivity index (χ1v) is 12.4. The van der Waals surface area contributed by atoms with Gasteiger partial charge in [-0.05, 0) is 41.5 Å². The lowest BCUT2D eigenvalue weighted by Gasteiger charge is -2.21. The Morgan fingerprint density at radius 3 is 2.38 bits per heavy atom. The second-order valence-electron chi connectivity index (χ2n) is 7.86. The summed E-state index contributed by atoms with van der Waals surface area (Å²) in [6.45, 7) is -0.467. The van der Waals surface area contributed by atoms with Crippen LogP contribution < -0.4 is 33.3 Å². The highest BCUT2D eigenvalue weighted by Gasteiger charge is 2.37. The van der Waals surface area contributed by atoms with E-state index in [-0.39, 0.29) is 24.6 Å². The number of rotatable bonds is 10. The van der Waals surface area contributed by atoms with Crippen molar-refractivity contribution < 1.29 is 36.6 Å². The van der Waals surface area contributed by atoms with Gasteiger partial charge >= 0.3 is 10.2 Å². The van der Waals surface area contributed by atoms with Crippen LogP contribution in [-0.2, 0) is 28.2 Å². The van der Waals surface area contributed by atoms with E-state index >= 15 is 4.39 Å². The molecule has 11 nitrogen and oxygen atoms in total. The number of nitrogens with one attached hydrogen (secondary N) is 2. The van der Waals surface area contributed by atoms with Crippen molar-refractivity contribution in [3.8, 4) is 23.1 Å². The largest absolute Gasteiger partial charge is 0.497 e. The Morgan fingerprint density at radius 2 is 1.76 bits per heavy atom. The normalized spacial score (nSPS) is 14.2. The third kappa shape index (κ3) is 5.77. The minimum absolute atomic E-state index is 0.00778. The molecule has 0 saturated carbocycles. The van der Waals surface area contributed by atoms with Gasteiger partial charge in [-0.25, -0.2) is 13.4 Å². The topological polar surface area (TPSA) is 128 Å². The number of halogens is 1. The van der Waals surface area contributed by atoms with E-state index in [0.717, 1.165) is 11.6 Å². The molecule has 0 atom stereocenters. The average Bonchev–Trinajstić information content (AvgIpc) is 3.17. The molecule has 1 saturated heterocycles. The fourth-order valence-corrected chi connectivity index (χ4v) is 4.80. The number of nitrogens with zero attached hydrogens (tertiary/aromatic N) is 2. The molecule has 1 aromatic heterocycles. The lowest BCUT2D eigenvalue weighted by molar-refractivity contribution is -0.117. The van der Waals surface area contributed by atoms with Gasteiger partial charge in [0.05, 0.1) is 21.3 Å². The van der Waals surface area contributed by atoms with Crippen LogP contribution in [0, 0.1) is 5.82 Å². The molecule has 1 amide bonds. The molecule has 2 heterocycles. The van der Waals surface area contributed by atoms with Gasteiger partial charge in [0.25, 0.3) is 5.91 Å². The molecule has 1 aliphatic heterocycles. The number of pyridine rings is 1. The smallest absolute Gasteiger partial charge is 0.326 e. The molecule has 2 N–H and O–H groups in total. The summed E-state index contributed by atoms with van der Waals surface area (Å²) in [5.74, 6) is 0.101. The molecule has 4 rings (SSSR count). The zero-order valence-corrected chi connectivity index (χ0v) is 21.1. The van der Waals surface area contributed by atoms with E-state index in [9.17, 15) is 13.2 Å². The number of aromatic nitrogens is 1. The maximum atomic E-state index is 15.4. The van der Waals surface area contributed by atoms with Gasteiger partial charge in [-0.3, -0.25) is 4.79 Å². The molecular formula is C24H25FN4O7S. The Morgan fingerprint density at radius 1 is 1.00 bits per heavy atom. The lowest BCUT2D eigenvalue weighted by Crippen LogP contribution is -2.30. The van der Waals surface area contributed by atoms with Crippen LogP contribution in [-0.4, -0.2) is 47.2 Å². The van der Waals surface area contributed by atoms with Gasteiger partial charge in [0.1, 0.15) is 30.3 Å². The number of hydrogen-bond donors (Lipinski definition) is 2. The van der Waals surface area contributed by atoms with Crippen LogP contribution in [0.2, 0.25) is 0 Å². The Bertz CT molecular complexity index is 1400. The van der Waals surface area contributed by atoms with E-state index in [0.29, 0.717) is 33.1 Å². The van der Waals surface area contributed by atoms with Crippen LogP contribution in [0.4, 0.5) is 15.9 Å². The molecule has 1 fully saturated rings. The van der Waals surface area contributed by atoms with Gasteiger partial charge in [0.15, 0.2) is 17.4 Å². The molecule has 37 heavy (non-hydrogen) atoms. The molecule has 0 spiro atoms. The third-order valence-electron chi connectivity index (χ3n) is 5.43. The molecule has 196 valence electrons. The fourth-order valence-electron chi connectivity index (χ4n) is 3.63. The molecule has 13 heteroatoms. The van der Waals surface area contributed by atoms with Crippen LogP contribution >= 0.6 is 0 Å². The number of carbonyl (C=O) groups is 1. The van der Waals surface area contributed by atoms with Crippen LogP contribution in [0.1, 0.15) is 11.1 Å². The lowest BCUT2D eigenvalue weighted by atomic mass is 10.1. The van der Waals surface area contributed by atoms with E-state index in [4.69, 9.17) is 18.9 Å². The number of hydrogen-bond acceptors (Lipinski definition) is 9. The summed E-state index contributed by atoms with van der Waals surface area (Å²) in [4.78, 5) is 16.1. The van der Waals surface area contributed by atoms with E-state index in [1.54, 1.807) is 43.5 Å². The van der Waals surface area contributed by atoms with Crippen molar-refractivity contribution in [3.63, 3.8) is 0 Å². The van der Waals surface area contributed by atoms with E-state index in [2.05, 4.69) is 10.3 Å². The van der Waals surface area contributed by atoms with Crippen molar-refractivity contribution in [3.05, 3.63) is 65.5 Å². The van der Waals surface area contributed by atoms with Gasteiger partial charge in [-0.1, -0.05) is 12.1 Å². The Balaban J connectivity index is 1.65. The molecular weight excluding hydrogens is 507 g/mol. The molecule has 0 radical (unpaired) electrons. The fraction of sp³-hybridized carbons (Fsp3) is 0.250. The summed E-state index contributed by atoms with van der Waals surface area (Å²) in [6, 6.07) is 13.0. The molecule has 0 aliphatic carbocycles. The summed E-state index contributed by atoms with van der Waals surface area (Å²) >= 11 is 0. The second kappa shape index (κ2) is 10.8. The van der Waals surface area contributed by atoms with Crippen molar-refractivity contribution in [1.29, 1.82) is 0 Å². The molecule has 1 aliphatic rings. The first kappa shape index (κ1) is 25.8. The van der Waals surface area contributed by atoms with Crippen molar-refractivity contribution in [2.45, 2.75) is 13.2 Å². The highest BCUT2D eigenvalue weighted by Crippen LogP contribution is 2.36. The third-order valence-corrected chi connectivity index (χ3v) is 6.81. The summed E-state index contributed by atoms with van der Waals surface area (Å²) < 4.78 is 64.3. The molecule has 0 bridgehead atoms. The van der Waals surface area contributed by atoms with Gasteiger partial charge in [-0.15, -0.1) is 0 Å². The minimum Gasteiger partial charge on any atom is -0.497 e. The summed E-state index contributed by atoms with van der Waals surface area (Å²) in [5, 5.41) is 3.06. The summed E-state index contributed by atoms with van der Waals surface area (Å²) in [7, 11) is 0.238. The van der Waals surface area contributed by atoms with Gasteiger partial charge < -0.3 is 24.3 Å². The van der Waals surface area contributed by atoms with Gasteiger partial charge in [0.2, 0.25) is 5.88 Å². The van der Waals surface area contributed by atoms with E-state index in [1.807, 2.05) is 4.72 Å². The number of ether oxygens (including phenoxy) is 4. The van der Waals surface area contributed by atoms with Crippen LogP contribution in [0.5, 0.6) is 23.1 Å². The predicted octanol–water partition coefficient (Wildman–Crippen LogP) is 2.62. The standard InChI is InChI=1S/C24H25FN4O7S/c1-33-17-6-4-15(5-7-17)14-36-20-11-16(12-26-24-19(34-2)8-9-22(27-24)35-3)10-18(25)23(20)29-13-21(30)28-37(29,31)32/h4-11H,12-14H2,1-3H3,(H,26,27)(H,28,30). The average molecular weight is 533 g/mol. The minimum atomic E-state index is -4.27. The number of amides is 1. The first-order chi connectivity index (χ1) is 17.7. The number of methoxy groups -OCH3 is 3. The Kier molecular flexibility index (Phi) is 7.53. The van der Waals surface area contributed by atoms with Crippen molar-refractivity contribution in [2.24, 2.45) is 0 Å². The zero-order chi connectivity index (χ0) is 26.6. The molecule has 3 aromatic rings. The summed E-state index contributed by atoms with van der Waals surface area (Å²) in [5.41, 5.74) is 0.792. The maximum absolute atomic E-state index is 15.4. The van der Waals surface area contributed by atoms with E-state index in [1.165, 1.54) is 20.3 Å². The maximum Gasteiger partial charge on any atom is 0.326 e.